The van der Waals surface area contributed by atoms with Crippen molar-refractivity contribution in [2.75, 3.05) is 19.6 Å². The summed E-state index contributed by atoms with van der Waals surface area (Å²) >= 11 is 0. The number of piperidine rings is 1. The van der Waals surface area contributed by atoms with Crippen LogP contribution in [0.1, 0.15) is 58.8 Å². The highest BCUT2D eigenvalue weighted by Crippen LogP contribution is 2.40. The maximum atomic E-state index is 3.88. The predicted molar refractivity (Wildman–Crippen MR) is 72.2 cm³/mol. The normalized spacial score (nSPS) is 40.9. The lowest BCUT2D eigenvalue weighted by molar-refractivity contribution is 0.0911. The molecule has 2 nitrogen and oxygen atoms in total. The van der Waals surface area contributed by atoms with E-state index in [1.54, 1.807) is 0 Å². The fourth-order valence-electron chi connectivity index (χ4n) is 4.13. The number of likely N-dealkylation sites (tertiary alicyclic amines) is 1. The van der Waals surface area contributed by atoms with E-state index in [9.17, 15) is 0 Å². The molecule has 98 valence electrons. The molecular formula is C15H28N2. The molecule has 0 radical (unpaired) electrons. The zero-order valence-corrected chi connectivity index (χ0v) is 11.6. The van der Waals surface area contributed by atoms with Crippen molar-refractivity contribution in [1.29, 1.82) is 0 Å². The average molecular weight is 236 g/mol. The molecule has 3 aliphatic rings. The Hall–Kier alpha value is -0.0800. The summed E-state index contributed by atoms with van der Waals surface area (Å²) in [6.45, 7) is 8.82. The van der Waals surface area contributed by atoms with Gasteiger partial charge < -0.3 is 10.2 Å². The molecule has 0 saturated carbocycles. The molecular weight excluding hydrogens is 208 g/mol. The minimum absolute atomic E-state index is 0.518. The highest BCUT2D eigenvalue weighted by atomic mass is 15.2. The summed E-state index contributed by atoms with van der Waals surface area (Å²) in [5, 5.41) is 3.88. The molecule has 0 unspecified atom stereocenters. The number of nitrogens with one attached hydrogen (secondary N) is 1. The van der Waals surface area contributed by atoms with Gasteiger partial charge in [-0.05, 0) is 57.0 Å². The van der Waals surface area contributed by atoms with Crippen molar-refractivity contribution in [3.05, 3.63) is 0 Å². The Kier molecular flexibility index (Phi) is 2.99. The number of rotatable bonds is 3. The first-order valence-electron chi connectivity index (χ1n) is 7.63. The van der Waals surface area contributed by atoms with Crippen molar-refractivity contribution >= 4 is 0 Å². The van der Waals surface area contributed by atoms with E-state index in [2.05, 4.69) is 24.1 Å². The molecule has 0 aliphatic carbocycles. The quantitative estimate of drug-likeness (QED) is 0.810. The summed E-state index contributed by atoms with van der Waals surface area (Å²) in [4.78, 5) is 2.73. The van der Waals surface area contributed by atoms with E-state index in [4.69, 9.17) is 0 Å². The van der Waals surface area contributed by atoms with Crippen LogP contribution < -0.4 is 5.32 Å². The van der Waals surface area contributed by atoms with Crippen LogP contribution in [0.5, 0.6) is 0 Å². The lowest BCUT2D eigenvalue weighted by Gasteiger charge is -2.42. The van der Waals surface area contributed by atoms with Crippen LogP contribution in [0.3, 0.4) is 0 Å². The van der Waals surface area contributed by atoms with E-state index in [0.717, 1.165) is 6.04 Å². The van der Waals surface area contributed by atoms with Crippen molar-refractivity contribution in [1.82, 2.24) is 10.2 Å². The smallest absolute Gasteiger partial charge is 0.0312 e. The second-order valence-corrected chi connectivity index (χ2v) is 7.14. The van der Waals surface area contributed by atoms with Gasteiger partial charge in [-0.1, -0.05) is 20.3 Å². The monoisotopic (exact) mass is 236 g/mol. The molecule has 3 rings (SSSR count). The van der Waals surface area contributed by atoms with E-state index in [0.29, 0.717) is 11.0 Å². The maximum absolute atomic E-state index is 3.88. The fourth-order valence-corrected chi connectivity index (χ4v) is 4.13. The average Bonchev–Trinajstić information content (AvgIpc) is 2.93. The van der Waals surface area contributed by atoms with Crippen LogP contribution in [-0.2, 0) is 0 Å². The first-order chi connectivity index (χ1) is 8.13. The van der Waals surface area contributed by atoms with Gasteiger partial charge in [0, 0.05) is 18.1 Å². The SMILES string of the molecule is CCC1(C)CCN(CC23CCC(CC2)N3)CC1. The molecule has 0 atom stereocenters. The van der Waals surface area contributed by atoms with Crippen LogP contribution in [0, 0.1) is 5.41 Å². The minimum Gasteiger partial charge on any atom is -0.307 e. The van der Waals surface area contributed by atoms with Gasteiger partial charge >= 0.3 is 0 Å². The summed E-state index contributed by atoms with van der Waals surface area (Å²) in [6.07, 6.45) is 9.89. The Labute approximate surface area is 106 Å². The van der Waals surface area contributed by atoms with Crippen LogP contribution in [-0.4, -0.2) is 36.1 Å². The highest BCUT2D eigenvalue weighted by Gasteiger charge is 2.45. The van der Waals surface area contributed by atoms with E-state index in [1.165, 1.54) is 64.6 Å². The van der Waals surface area contributed by atoms with Crippen LogP contribution >= 0.6 is 0 Å². The molecule has 3 saturated heterocycles. The van der Waals surface area contributed by atoms with E-state index in [1.807, 2.05) is 0 Å². The van der Waals surface area contributed by atoms with Gasteiger partial charge in [0.05, 0.1) is 0 Å². The van der Waals surface area contributed by atoms with Crippen LogP contribution in [0.4, 0.5) is 0 Å². The van der Waals surface area contributed by atoms with Crippen molar-refractivity contribution in [2.24, 2.45) is 5.41 Å². The molecule has 0 aromatic heterocycles. The van der Waals surface area contributed by atoms with Crippen molar-refractivity contribution in [3.8, 4) is 0 Å². The second kappa shape index (κ2) is 4.24. The Morgan fingerprint density at radius 3 is 2.24 bits per heavy atom. The van der Waals surface area contributed by atoms with E-state index >= 15 is 0 Å². The van der Waals surface area contributed by atoms with Gasteiger partial charge in [-0.2, -0.15) is 0 Å². The minimum atomic E-state index is 0.518. The van der Waals surface area contributed by atoms with Gasteiger partial charge in [0.2, 0.25) is 0 Å². The third-order valence-corrected chi connectivity index (χ3v) is 5.90. The third-order valence-electron chi connectivity index (χ3n) is 5.90. The summed E-state index contributed by atoms with van der Waals surface area (Å²) in [5.74, 6) is 0. The molecule has 2 heteroatoms. The number of hydrogen-bond acceptors (Lipinski definition) is 2. The summed E-state index contributed by atoms with van der Waals surface area (Å²) in [7, 11) is 0. The van der Waals surface area contributed by atoms with Crippen LogP contribution in [0.15, 0.2) is 0 Å². The van der Waals surface area contributed by atoms with Crippen LogP contribution in [0.2, 0.25) is 0 Å². The Balaban J connectivity index is 1.54. The standard InChI is InChI=1S/C15H28N2/c1-3-14(2)8-10-17(11-9-14)12-15-6-4-13(16-15)5-7-15/h13,16H,3-12H2,1-2H3. The molecule has 3 fully saturated rings. The Morgan fingerprint density at radius 1 is 1.12 bits per heavy atom. The zero-order chi connectivity index (χ0) is 11.9. The number of nitrogens with zero attached hydrogens (tertiary/aromatic N) is 1. The van der Waals surface area contributed by atoms with Gasteiger partial charge in [-0.15, -0.1) is 0 Å². The van der Waals surface area contributed by atoms with Gasteiger partial charge in [0.1, 0.15) is 0 Å². The second-order valence-electron chi connectivity index (χ2n) is 7.14. The fraction of sp³-hybridized carbons (Fsp3) is 1.00. The third kappa shape index (κ3) is 2.26. The number of hydrogen-bond donors (Lipinski definition) is 1. The summed E-state index contributed by atoms with van der Waals surface area (Å²) in [6, 6.07) is 0.862. The highest BCUT2D eigenvalue weighted by molar-refractivity contribution is 5.06. The molecule has 0 aromatic rings. The predicted octanol–water partition coefficient (Wildman–Crippen LogP) is 2.78. The lowest BCUT2D eigenvalue weighted by Crippen LogP contribution is -2.50. The maximum Gasteiger partial charge on any atom is 0.0312 e. The van der Waals surface area contributed by atoms with Crippen molar-refractivity contribution in [2.45, 2.75) is 70.4 Å². The molecule has 17 heavy (non-hydrogen) atoms. The number of fused-ring (bicyclic) bond motifs is 2. The molecule has 0 amide bonds. The van der Waals surface area contributed by atoms with E-state index in [-0.39, 0.29) is 0 Å². The topological polar surface area (TPSA) is 15.3 Å². The van der Waals surface area contributed by atoms with Gasteiger partial charge in [0.15, 0.2) is 0 Å². The lowest BCUT2D eigenvalue weighted by atomic mass is 9.77. The van der Waals surface area contributed by atoms with Gasteiger partial charge in [-0.25, -0.2) is 0 Å². The first kappa shape index (κ1) is 12.0. The Morgan fingerprint density at radius 2 is 1.76 bits per heavy atom. The molecule has 3 heterocycles. The largest absolute Gasteiger partial charge is 0.307 e. The van der Waals surface area contributed by atoms with Crippen molar-refractivity contribution in [3.63, 3.8) is 0 Å². The molecule has 2 bridgehead atoms. The molecule has 0 aromatic carbocycles. The van der Waals surface area contributed by atoms with Crippen LogP contribution in [0.25, 0.3) is 0 Å². The van der Waals surface area contributed by atoms with Crippen molar-refractivity contribution < 1.29 is 0 Å². The van der Waals surface area contributed by atoms with Gasteiger partial charge in [-0.3, -0.25) is 0 Å². The zero-order valence-electron chi connectivity index (χ0n) is 11.6. The Bertz CT molecular complexity index is 271. The molecule has 0 spiro atoms. The van der Waals surface area contributed by atoms with Gasteiger partial charge in [0.25, 0.3) is 0 Å². The summed E-state index contributed by atoms with van der Waals surface area (Å²) < 4.78 is 0. The van der Waals surface area contributed by atoms with E-state index < -0.39 is 0 Å². The summed E-state index contributed by atoms with van der Waals surface area (Å²) in [5.41, 5.74) is 1.15. The molecule has 3 aliphatic heterocycles. The molecule has 1 N–H and O–H groups in total. The first-order valence-corrected chi connectivity index (χ1v) is 7.63.